The number of carbonyl (C=O) groups excluding carboxylic acids is 1. The molecule has 0 aliphatic heterocycles. The van der Waals surface area contributed by atoms with Crippen LogP contribution in [-0.4, -0.2) is 20.5 Å². The third-order valence-corrected chi connectivity index (χ3v) is 5.65. The minimum absolute atomic E-state index is 0.0952. The summed E-state index contributed by atoms with van der Waals surface area (Å²) in [6, 6.07) is 14.1. The van der Waals surface area contributed by atoms with Crippen molar-refractivity contribution < 1.29 is 22.4 Å². The van der Waals surface area contributed by atoms with Crippen LogP contribution in [0.1, 0.15) is 30.0 Å². The van der Waals surface area contributed by atoms with E-state index in [0.29, 0.717) is 22.2 Å². The Kier molecular flexibility index (Phi) is 6.69. The highest BCUT2D eigenvalue weighted by molar-refractivity contribution is 7.92. The topological polar surface area (TPSA) is 97.6 Å². The largest absolute Gasteiger partial charge is 0.467 e. The second-order valence-electron chi connectivity index (χ2n) is 6.71. The average Bonchev–Trinajstić information content (AvgIpc) is 3.21. The highest BCUT2D eigenvalue weighted by atomic mass is 35.5. The Balaban J connectivity index is 1.95. The van der Waals surface area contributed by atoms with Gasteiger partial charge in [-0.3, -0.25) is 4.72 Å². The lowest BCUT2D eigenvalue weighted by molar-refractivity contribution is 0.0377. The fraction of sp³-hybridized carbons (Fsp3) is 0.190. The van der Waals surface area contributed by atoms with Gasteiger partial charge in [-0.2, -0.15) is 0 Å². The molecule has 9 heteroatoms. The molecule has 0 bridgehead atoms. The molecule has 0 unspecified atom stereocenters. The van der Waals surface area contributed by atoms with Crippen molar-refractivity contribution in [3.63, 3.8) is 0 Å². The maximum Gasteiger partial charge on any atom is 0.338 e. The van der Waals surface area contributed by atoms with E-state index in [1.807, 2.05) is 0 Å². The Hall–Kier alpha value is -2.97. The molecule has 1 heterocycles. The quantitative estimate of drug-likeness (QED) is 0.475. The molecule has 0 fully saturated rings. The summed E-state index contributed by atoms with van der Waals surface area (Å²) in [7, 11) is -4.03. The van der Waals surface area contributed by atoms with Crippen LogP contribution in [0.4, 0.5) is 11.4 Å². The van der Waals surface area contributed by atoms with Crippen molar-refractivity contribution in [1.29, 1.82) is 0 Å². The molecular weight excluding hydrogens is 428 g/mol. The molecule has 0 radical (unpaired) electrons. The molecule has 30 heavy (non-hydrogen) atoms. The molecule has 158 valence electrons. The van der Waals surface area contributed by atoms with E-state index >= 15 is 0 Å². The summed E-state index contributed by atoms with van der Waals surface area (Å²) in [5, 5.41) is 3.52. The molecule has 1 aromatic heterocycles. The highest BCUT2D eigenvalue weighted by Crippen LogP contribution is 2.27. The monoisotopic (exact) mass is 448 g/mol. The summed E-state index contributed by atoms with van der Waals surface area (Å²) < 4.78 is 39.2. The van der Waals surface area contributed by atoms with Crippen LogP contribution in [-0.2, 0) is 21.3 Å². The summed E-state index contributed by atoms with van der Waals surface area (Å²) in [6.07, 6.45) is 1.20. The molecule has 2 aromatic carbocycles. The summed E-state index contributed by atoms with van der Waals surface area (Å²) >= 11 is 5.86. The van der Waals surface area contributed by atoms with Crippen molar-refractivity contribution in [2.24, 2.45) is 0 Å². The summed E-state index contributed by atoms with van der Waals surface area (Å²) in [5.74, 6) is 0.0258. The Labute approximate surface area is 180 Å². The molecule has 3 rings (SSSR count). The van der Waals surface area contributed by atoms with Gasteiger partial charge in [-0.05, 0) is 68.4 Å². The van der Waals surface area contributed by atoms with Gasteiger partial charge in [-0.15, -0.1) is 0 Å². The van der Waals surface area contributed by atoms with Gasteiger partial charge in [-0.1, -0.05) is 11.6 Å². The molecule has 3 aromatic rings. The number of esters is 1. The van der Waals surface area contributed by atoms with E-state index in [2.05, 4.69) is 10.0 Å². The van der Waals surface area contributed by atoms with Gasteiger partial charge in [0.2, 0.25) is 0 Å². The Morgan fingerprint density at radius 1 is 1.13 bits per heavy atom. The predicted octanol–water partition coefficient (Wildman–Crippen LogP) is 4.91. The van der Waals surface area contributed by atoms with Crippen LogP contribution in [0.2, 0.25) is 5.02 Å². The Morgan fingerprint density at radius 2 is 1.87 bits per heavy atom. The molecular formula is C21H21ClN2O5S. The standard InChI is InChI=1S/C21H21ClN2O5S/c1-14(2)29-21(25)15-5-10-19(23-13-18-4-3-11-28-18)20(12-15)30(26,27)24-17-8-6-16(22)7-9-17/h3-12,14,23-24H,13H2,1-2H3. The van der Waals surface area contributed by atoms with E-state index < -0.39 is 16.0 Å². The maximum absolute atomic E-state index is 13.1. The van der Waals surface area contributed by atoms with Crippen molar-refractivity contribution in [2.75, 3.05) is 10.0 Å². The minimum atomic E-state index is -4.03. The van der Waals surface area contributed by atoms with Gasteiger partial charge in [0.25, 0.3) is 10.0 Å². The summed E-state index contributed by atoms with van der Waals surface area (Å²) in [4.78, 5) is 12.2. The first kappa shape index (κ1) is 21.7. The van der Waals surface area contributed by atoms with Crippen molar-refractivity contribution in [2.45, 2.75) is 31.4 Å². The van der Waals surface area contributed by atoms with Gasteiger partial charge < -0.3 is 14.5 Å². The van der Waals surface area contributed by atoms with Crippen molar-refractivity contribution >= 4 is 39.0 Å². The van der Waals surface area contributed by atoms with Gasteiger partial charge in [0.15, 0.2) is 0 Å². The second kappa shape index (κ2) is 9.23. The van der Waals surface area contributed by atoms with Crippen LogP contribution in [0.15, 0.2) is 70.2 Å². The van der Waals surface area contributed by atoms with Gasteiger partial charge in [-0.25, -0.2) is 13.2 Å². The zero-order valence-electron chi connectivity index (χ0n) is 16.4. The number of hydrogen-bond acceptors (Lipinski definition) is 6. The zero-order chi connectivity index (χ0) is 21.7. The van der Waals surface area contributed by atoms with E-state index in [0.717, 1.165) is 0 Å². The fourth-order valence-corrected chi connectivity index (χ4v) is 4.02. The minimum Gasteiger partial charge on any atom is -0.467 e. The molecule has 0 atom stereocenters. The number of nitrogens with one attached hydrogen (secondary N) is 2. The third kappa shape index (κ3) is 5.55. The van der Waals surface area contributed by atoms with Gasteiger partial charge in [0.1, 0.15) is 10.7 Å². The van der Waals surface area contributed by atoms with Crippen LogP contribution in [0.3, 0.4) is 0 Å². The number of carbonyl (C=O) groups is 1. The molecule has 0 amide bonds. The number of sulfonamides is 1. The van der Waals surface area contributed by atoms with E-state index in [1.165, 1.54) is 24.5 Å². The van der Waals surface area contributed by atoms with E-state index in [4.69, 9.17) is 20.8 Å². The number of benzene rings is 2. The first-order valence-corrected chi connectivity index (χ1v) is 11.0. The van der Waals surface area contributed by atoms with E-state index in [-0.39, 0.29) is 23.1 Å². The molecule has 2 N–H and O–H groups in total. The van der Waals surface area contributed by atoms with E-state index in [1.54, 1.807) is 50.2 Å². The Morgan fingerprint density at radius 3 is 2.50 bits per heavy atom. The van der Waals surface area contributed by atoms with Crippen molar-refractivity contribution in [1.82, 2.24) is 0 Å². The van der Waals surface area contributed by atoms with Gasteiger partial charge in [0, 0.05) is 10.7 Å². The lowest BCUT2D eigenvalue weighted by atomic mass is 10.2. The number of furan rings is 1. The highest BCUT2D eigenvalue weighted by Gasteiger charge is 2.22. The lowest BCUT2D eigenvalue weighted by Gasteiger charge is -2.15. The summed E-state index contributed by atoms with van der Waals surface area (Å²) in [5.41, 5.74) is 0.782. The van der Waals surface area contributed by atoms with Crippen LogP contribution in [0.25, 0.3) is 0 Å². The molecule has 0 saturated heterocycles. The molecule has 0 spiro atoms. The first-order chi connectivity index (χ1) is 14.2. The number of hydrogen-bond donors (Lipinski definition) is 2. The number of anilines is 2. The van der Waals surface area contributed by atoms with Crippen LogP contribution < -0.4 is 10.0 Å². The second-order valence-corrected chi connectivity index (χ2v) is 8.80. The first-order valence-electron chi connectivity index (χ1n) is 9.14. The van der Waals surface area contributed by atoms with Crippen molar-refractivity contribution in [3.8, 4) is 0 Å². The SMILES string of the molecule is CC(C)OC(=O)c1ccc(NCc2ccco2)c(S(=O)(=O)Nc2ccc(Cl)cc2)c1. The Bertz CT molecular complexity index is 1110. The van der Waals surface area contributed by atoms with Gasteiger partial charge >= 0.3 is 5.97 Å². The number of rotatable bonds is 8. The molecule has 0 aliphatic rings. The maximum atomic E-state index is 13.1. The van der Waals surface area contributed by atoms with E-state index in [9.17, 15) is 13.2 Å². The molecule has 0 saturated carbocycles. The average molecular weight is 449 g/mol. The normalized spacial score (nSPS) is 11.3. The number of ether oxygens (including phenoxy) is 1. The van der Waals surface area contributed by atoms with Crippen molar-refractivity contribution in [3.05, 3.63) is 77.2 Å². The molecule has 7 nitrogen and oxygen atoms in total. The zero-order valence-corrected chi connectivity index (χ0v) is 18.0. The third-order valence-electron chi connectivity index (χ3n) is 3.98. The van der Waals surface area contributed by atoms with Gasteiger partial charge in [0.05, 0.1) is 30.2 Å². The lowest BCUT2D eigenvalue weighted by Crippen LogP contribution is -2.17. The smallest absolute Gasteiger partial charge is 0.338 e. The molecule has 0 aliphatic carbocycles. The fourth-order valence-electron chi connectivity index (χ4n) is 2.62. The van der Waals surface area contributed by atoms with Crippen LogP contribution >= 0.6 is 11.6 Å². The predicted molar refractivity (Wildman–Crippen MR) is 115 cm³/mol. The summed E-state index contributed by atoms with van der Waals surface area (Å²) in [6.45, 7) is 3.71. The number of halogens is 1. The van der Waals surface area contributed by atoms with Crippen LogP contribution in [0, 0.1) is 0 Å². The van der Waals surface area contributed by atoms with Crippen LogP contribution in [0.5, 0.6) is 0 Å².